The van der Waals surface area contributed by atoms with Crippen LogP contribution in [0, 0.1) is 11.8 Å². The molecule has 2 saturated carbocycles. The van der Waals surface area contributed by atoms with E-state index in [0.717, 1.165) is 11.8 Å². The molecule has 1 amide bonds. The maximum Gasteiger partial charge on any atom is 0.255 e. The fourth-order valence-corrected chi connectivity index (χ4v) is 2.70. The quantitative estimate of drug-likeness (QED) is 0.853. The standard InChI is InChI=1S/C16H21NO2/c1-2-19-14-6-4-3-5-13(14)16(18)17-15(11-7-8-11)12-9-10-12/h3-6,11-12,15H,2,7-10H2,1H3,(H,17,18). The number of amides is 1. The van der Waals surface area contributed by atoms with Gasteiger partial charge in [-0.05, 0) is 56.6 Å². The van der Waals surface area contributed by atoms with Crippen molar-refractivity contribution in [1.82, 2.24) is 5.32 Å². The van der Waals surface area contributed by atoms with Crippen LogP contribution in [0.1, 0.15) is 43.0 Å². The summed E-state index contributed by atoms with van der Waals surface area (Å²) in [5, 5.41) is 3.24. The number of benzene rings is 1. The van der Waals surface area contributed by atoms with Crippen molar-refractivity contribution >= 4 is 5.91 Å². The number of carbonyl (C=O) groups is 1. The normalized spacial score (nSPS) is 18.4. The zero-order valence-electron chi connectivity index (χ0n) is 11.4. The Balaban J connectivity index is 1.72. The molecule has 1 aromatic rings. The van der Waals surface area contributed by atoms with Crippen molar-refractivity contribution in [3.63, 3.8) is 0 Å². The first-order valence-corrected chi connectivity index (χ1v) is 7.32. The molecule has 2 aliphatic rings. The third-order valence-electron chi connectivity index (χ3n) is 3.99. The molecule has 3 heteroatoms. The van der Waals surface area contributed by atoms with Crippen LogP contribution in [0.15, 0.2) is 24.3 Å². The fraction of sp³-hybridized carbons (Fsp3) is 0.562. The smallest absolute Gasteiger partial charge is 0.255 e. The van der Waals surface area contributed by atoms with Gasteiger partial charge in [0, 0.05) is 6.04 Å². The summed E-state index contributed by atoms with van der Waals surface area (Å²) in [5.41, 5.74) is 0.663. The average molecular weight is 259 g/mol. The second kappa shape index (κ2) is 5.24. The minimum atomic E-state index is 0.0212. The summed E-state index contributed by atoms with van der Waals surface area (Å²) in [7, 11) is 0. The van der Waals surface area contributed by atoms with Gasteiger partial charge in [0.1, 0.15) is 5.75 Å². The summed E-state index contributed by atoms with van der Waals surface area (Å²) in [6.07, 6.45) is 5.09. The lowest BCUT2D eigenvalue weighted by Gasteiger charge is -2.18. The van der Waals surface area contributed by atoms with Crippen molar-refractivity contribution in [3.05, 3.63) is 29.8 Å². The minimum absolute atomic E-state index is 0.0212. The van der Waals surface area contributed by atoms with Gasteiger partial charge in [-0.3, -0.25) is 4.79 Å². The number of rotatable bonds is 6. The van der Waals surface area contributed by atoms with E-state index in [0.29, 0.717) is 24.0 Å². The Morgan fingerprint density at radius 1 is 1.26 bits per heavy atom. The molecule has 0 saturated heterocycles. The Morgan fingerprint density at radius 2 is 1.89 bits per heavy atom. The van der Waals surface area contributed by atoms with E-state index in [-0.39, 0.29) is 5.91 Å². The van der Waals surface area contributed by atoms with Gasteiger partial charge in [-0.25, -0.2) is 0 Å². The topological polar surface area (TPSA) is 38.3 Å². The number of carbonyl (C=O) groups excluding carboxylic acids is 1. The van der Waals surface area contributed by atoms with Crippen LogP contribution in [-0.4, -0.2) is 18.6 Å². The molecule has 0 bridgehead atoms. The maximum absolute atomic E-state index is 12.4. The number of ether oxygens (including phenoxy) is 1. The summed E-state index contributed by atoms with van der Waals surface area (Å²) in [5.74, 6) is 2.15. The number of para-hydroxylation sites is 1. The van der Waals surface area contributed by atoms with Crippen molar-refractivity contribution in [3.8, 4) is 5.75 Å². The van der Waals surface area contributed by atoms with Gasteiger partial charge in [-0.1, -0.05) is 12.1 Å². The Hall–Kier alpha value is -1.51. The van der Waals surface area contributed by atoms with Gasteiger partial charge in [0.2, 0.25) is 0 Å². The monoisotopic (exact) mass is 259 g/mol. The Bertz CT molecular complexity index is 452. The molecule has 3 nitrogen and oxygen atoms in total. The van der Waals surface area contributed by atoms with Crippen LogP contribution in [0.5, 0.6) is 5.75 Å². The van der Waals surface area contributed by atoms with E-state index in [1.54, 1.807) is 0 Å². The molecular weight excluding hydrogens is 238 g/mol. The molecule has 0 atom stereocenters. The number of nitrogens with one attached hydrogen (secondary N) is 1. The first kappa shape index (κ1) is 12.5. The second-order valence-corrected chi connectivity index (χ2v) is 5.60. The van der Waals surface area contributed by atoms with Gasteiger partial charge in [0.15, 0.2) is 0 Å². The highest BCUT2D eigenvalue weighted by Gasteiger charge is 2.42. The molecule has 19 heavy (non-hydrogen) atoms. The molecule has 0 unspecified atom stereocenters. The van der Waals surface area contributed by atoms with Crippen LogP contribution in [0.4, 0.5) is 0 Å². The molecule has 1 aromatic carbocycles. The van der Waals surface area contributed by atoms with Crippen molar-refractivity contribution in [2.24, 2.45) is 11.8 Å². The molecule has 3 rings (SSSR count). The van der Waals surface area contributed by atoms with E-state index < -0.39 is 0 Å². The SMILES string of the molecule is CCOc1ccccc1C(=O)NC(C1CC1)C1CC1. The summed E-state index contributed by atoms with van der Waals surface area (Å²) in [6.45, 7) is 2.52. The van der Waals surface area contributed by atoms with Gasteiger partial charge >= 0.3 is 0 Å². The molecule has 1 N–H and O–H groups in total. The Kier molecular flexibility index (Phi) is 3.45. The largest absolute Gasteiger partial charge is 0.493 e. The first-order chi connectivity index (χ1) is 9.29. The van der Waals surface area contributed by atoms with Crippen molar-refractivity contribution < 1.29 is 9.53 Å². The average Bonchev–Trinajstić information content (AvgIpc) is 3.30. The molecule has 2 aliphatic carbocycles. The lowest BCUT2D eigenvalue weighted by Crippen LogP contribution is -2.38. The van der Waals surface area contributed by atoms with Crippen LogP contribution >= 0.6 is 0 Å². The predicted molar refractivity (Wildman–Crippen MR) is 74.3 cm³/mol. The molecule has 0 aromatic heterocycles. The van der Waals surface area contributed by atoms with E-state index in [1.165, 1.54) is 25.7 Å². The minimum Gasteiger partial charge on any atom is -0.493 e. The van der Waals surface area contributed by atoms with E-state index in [2.05, 4.69) is 5.32 Å². The van der Waals surface area contributed by atoms with Gasteiger partial charge in [-0.2, -0.15) is 0 Å². The fourth-order valence-electron chi connectivity index (χ4n) is 2.70. The predicted octanol–water partition coefficient (Wildman–Crippen LogP) is 3.00. The first-order valence-electron chi connectivity index (χ1n) is 7.32. The van der Waals surface area contributed by atoms with Gasteiger partial charge in [0.05, 0.1) is 12.2 Å². The van der Waals surface area contributed by atoms with Crippen molar-refractivity contribution in [1.29, 1.82) is 0 Å². The van der Waals surface area contributed by atoms with Gasteiger partial charge in [0.25, 0.3) is 5.91 Å². The third kappa shape index (κ3) is 2.91. The lowest BCUT2D eigenvalue weighted by atomic mass is 10.1. The van der Waals surface area contributed by atoms with Crippen LogP contribution in [-0.2, 0) is 0 Å². The zero-order chi connectivity index (χ0) is 13.2. The highest BCUT2D eigenvalue weighted by molar-refractivity contribution is 5.97. The maximum atomic E-state index is 12.4. The van der Waals surface area contributed by atoms with Gasteiger partial charge in [-0.15, -0.1) is 0 Å². The third-order valence-corrected chi connectivity index (χ3v) is 3.99. The Morgan fingerprint density at radius 3 is 2.47 bits per heavy atom. The van der Waals surface area contributed by atoms with E-state index in [1.807, 2.05) is 31.2 Å². The van der Waals surface area contributed by atoms with E-state index in [9.17, 15) is 4.79 Å². The zero-order valence-corrected chi connectivity index (χ0v) is 11.4. The van der Waals surface area contributed by atoms with E-state index >= 15 is 0 Å². The summed E-state index contributed by atoms with van der Waals surface area (Å²) in [4.78, 5) is 12.4. The number of hydrogen-bond donors (Lipinski definition) is 1. The number of hydrogen-bond acceptors (Lipinski definition) is 2. The van der Waals surface area contributed by atoms with Crippen molar-refractivity contribution in [2.75, 3.05) is 6.61 Å². The van der Waals surface area contributed by atoms with E-state index in [4.69, 9.17) is 4.74 Å². The summed E-state index contributed by atoms with van der Waals surface area (Å²) >= 11 is 0. The Labute approximate surface area is 114 Å². The van der Waals surface area contributed by atoms with Crippen LogP contribution in [0.25, 0.3) is 0 Å². The molecule has 0 radical (unpaired) electrons. The van der Waals surface area contributed by atoms with Crippen LogP contribution in [0.2, 0.25) is 0 Å². The summed E-state index contributed by atoms with van der Waals surface area (Å²) < 4.78 is 5.53. The highest BCUT2D eigenvalue weighted by Crippen LogP contribution is 2.44. The molecule has 102 valence electrons. The lowest BCUT2D eigenvalue weighted by molar-refractivity contribution is 0.0922. The molecule has 0 spiro atoms. The van der Waals surface area contributed by atoms with Gasteiger partial charge < -0.3 is 10.1 Å². The highest BCUT2D eigenvalue weighted by atomic mass is 16.5. The van der Waals surface area contributed by atoms with Crippen molar-refractivity contribution in [2.45, 2.75) is 38.6 Å². The second-order valence-electron chi connectivity index (χ2n) is 5.60. The molecule has 0 heterocycles. The van der Waals surface area contributed by atoms with Crippen LogP contribution in [0.3, 0.4) is 0 Å². The molecule has 2 fully saturated rings. The summed E-state index contributed by atoms with van der Waals surface area (Å²) in [6, 6.07) is 7.89. The van der Waals surface area contributed by atoms with Crippen LogP contribution < -0.4 is 10.1 Å². The molecular formula is C16H21NO2. The molecule has 0 aliphatic heterocycles.